The van der Waals surface area contributed by atoms with Gasteiger partial charge in [-0.3, -0.25) is 4.79 Å². The third kappa shape index (κ3) is 3.87. The number of amides is 1. The number of hydrogen-bond donors (Lipinski definition) is 1. The summed E-state index contributed by atoms with van der Waals surface area (Å²) in [6.45, 7) is 0. The van der Waals surface area contributed by atoms with Crippen LogP contribution in [0, 0.1) is 0 Å². The van der Waals surface area contributed by atoms with E-state index in [9.17, 15) is 22.8 Å². The highest BCUT2D eigenvalue weighted by Crippen LogP contribution is 2.41. The highest BCUT2D eigenvalue weighted by atomic mass is 35.5. The Morgan fingerprint density at radius 3 is 2.57 bits per heavy atom. The van der Waals surface area contributed by atoms with Crippen molar-refractivity contribution < 1.29 is 32.2 Å². The summed E-state index contributed by atoms with van der Waals surface area (Å²) in [5.74, 6) is -1.11. The van der Waals surface area contributed by atoms with E-state index in [0.29, 0.717) is 12.8 Å². The van der Waals surface area contributed by atoms with Gasteiger partial charge in [0.15, 0.2) is 11.4 Å². The van der Waals surface area contributed by atoms with Gasteiger partial charge in [-0.25, -0.2) is 4.79 Å². The van der Waals surface area contributed by atoms with Gasteiger partial charge < -0.3 is 15.2 Å². The molecule has 2 rings (SSSR count). The molecule has 0 radical (unpaired) electrons. The predicted octanol–water partition coefficient (Wildman–Crippen LogP) is 3.67. The van der Waals surface area contributed by atoms with Crippen LogP contribution in [0.15, 0.2) is 18.2 Å². The first-order valence-corrected chi connectivity index (χ1v) is 7.09. The molecule has 1 amide bonds. The van der Waals surface area contributed by atoms with Crippen molar-refractivity contribution in [3.05, 3.63) is 28.8 Å². The smallest absolute Gasteiger partial charge is 0.430 e. The van der Waals surface area contributed by atoms with Gasteiger partial charge in [0, 0.05) is 12.0 Å². The normalized spacial score (nSPS) is 21.8. The van der Waals surface area contributed by atoms with Crippen LogP contribution in [0.25, 0.3) is 0 Å². The summed E-state index contributed by atoms with van der Waals surface area (Å²) in [4.78, 5) is 23.5. The van der Waals surface area contributed by atoms with E-state index in [4.69, 9.17) is 22.1 Å². The summed E-state index contributed by atoms with van der Waals surface area (Å²) in [6.07, 6.45) is -4.73. The maximum Gasteiger partial charge on any atom is 0.573 e. The minimum atomic E-state index is -4.95. The maximum atomic E-state index is 12.4. The van der Waals surface area contributed by atoms with Gasteiger partial charge in [-0.1, -0.05) is 17.7 Å². The zero-order valence-corrected chi connectivity index (χ0v) is 12.5. The van der Waals surface area contributed by atoms with Gasteiger partial charge in [0.1, 0.15) is 5.75 Å². The lowest BCUT2D eigenvalue weighted by molar-refractivity contribution is -0.274. The van der Waals surface area contributed by atoms with Crippen LogP contribution >= 0.6 is 11.6 Å². The number of Topliss-reactive ketones (excluding diaryl/α,β-unsaturated/α-hetero) is 1. The second kappa shape index (κ2) is 6.27. The number of ether oxygens (including phenoxy) is 2. The number of alkyl halides is 3. The largest absolute Gasteiger partial charge is 0.573 e. The molecule has 0 aromatic heterocycles. The van der Waals surface area contributed by atoms with Crippen molar-refractivity contribution in [2.75, 3.05) is 0 Å². The number of nitrogens with two attached hydrogens (primary N) is 1. The molecule has 1 atom stereocenters. The summed E-state index contributed by atoms with van der Waals surface area (Å²) >= 11 is 5.69. The molecular formula is C14H13ClF3NO4. The summed E-state index contributed by atoms with van der Waals surface area (Å²) < 4.78 is 46.1. The van der Waals surface area contributed by atoms with E-state index in [-0.39, 0.29) is 23.4 Å². The van der Waals surface area contributed by atoms with Gasteiger partial charge in [0.05, 0.1) is 5.02 Å². The van der Waals surface area contributed by atoms with Crippen LogP contribution in [0.1, 0.15) is 31.2 Å². The van der Waals surface area contributed by atoms with Crippen LogP contribution in [0.5, 0.6) is 5.75 Å². The van der Waals surface area contributed by atoms with Crippen LogP contribution in [0.4, 0.5) is 18.0 Å². The van der Waals surface area contributed by atoms with E-state index in [1.54, 1.807) is 0 Å². The zero-order valence-electron chi connectivity index (χ0n) is 11.8. The van der Waals surface area contributed by atoms with Crippen LogP contribution in [0.3, 0.4) is 0 Å². The fourth-order valence-electron chi connectivity index (χ4n) is 2.60. The number of benzene rings is 1. The molecule has 0 bridgehead atoms. The molecule has 1 aliphatic rings. The highest BCUT2D eigenvalue weighted by Gasteiger charge is 2.45. The number of carbonyl (C=O) groups is 2. The van der Waals surface area contributed by atoms with Crippen LogP contribution in [-0.2, 0) is 15.1 Å². The van der Waals surface area contributed by atoms with Crippen molar-refractivity contribution in [3.8, 4) is 5.75 Å². The lowest BCUT2D eigenvalue weighted by atomic mass is 9.78. The molecule has 0 heterocycles. The minimum absolute atomic E-state index is 0.0460. The average Bonchev–Trinajstić information content (AvgIpc) is 2.42. The predicted molar refractivity (Wildman–Crippen MR) is 74.0 cm³/mol. The van der Waals surface area contributed by atoms with Crippen LogP contribution in [-0.4, -0.2) is 18.2 Å². The Bertz CT molecular complexity index is 635. The van der Waals surface area contributed by atoms with Crippen molar-refractivity contribution in [3.63, 3.8) is 0 Å². The molecule has 0 aliphatic heterocycles. The molecule has 9 heteroatoms. The third-order valence-electron chi connectivity index (χ3n) is 3.53. The van der Waals surface area contributed by atoms with Gasteiger partial charge in [0.2, 0.25) is 0 Å². The number of hydrogen-bond acceptors (Lipinski definition) is 4. The lowest BCUT2D eigenvalue weighted by Crippen LogP contribution is -2.44. The summed E-state index contributed by atoms with van der Waals surface area (Å²) in [5, 5.41) is -0.288. The van der Waals surface area contributed by atoms with E-state index >= 15 is 0 Å². The number of primary amides is 1. The molecule has 0 saturated heterocycles. The van der Waals surface area contributed by atoms with Gasteiger partial charge in [0.25, 0.3) is 0 Å². The van der Waals surface area contributed by atoms with Crippen molar-refractivity contribution in [2.45, 2.75) is 37.6 Å². The Balaban J connectivity index is 2.49. The maximum absolute atomic E-state index is 12.4. The fourth-order valence-corrected chi connectivity index (χ4v) is 2.76. The molecule has 1 aromatic carbocycles. The monoisotopic (exact) mass is 351 g/mol. The number of rotatable bonds is 3. The first-order valence-electron chi connectivity index (χ1n) is 6.71. The van der Waals surface area contributed by atoms with E-state index in [2.05, 4.69) is 4.74 Å². The fraction of sp³-hybridized carbons (Fsp3) is 0.429. The Morgan fingerprint density at radius 1 is 1.30 bits per heavy atom. The quantitative estimate of drug-likeness (QED) is 0.901. The molecule has 5 nitrogen and oxygen atoms in total. The summed E-state index contributed by atoms with van der Waals surface area (Å²) in [6, 6.07) is 3.41. The second-order valence-corrected chi connectivity index (χ2v) is 5.48. The third-order valence-corrected chi connectivity index (χ3v) is 3.84. The van der Waals surface area contributed by atoms with Crippen molar-refractivity contribution in [2.24, 2.45) is 5.73 Å². The lowest BCUT2D eigenvalue weighted by Gasteiger charge is -2.35. The zero-order chi connectivity index (χ0) is 17.3. The SMILES string of the molecule is NC(=O)O[C@@]1(c2ccc(Cl)c(OC(F)(F)F)c2)CCCCC1=O. The molecule has 1 aliphatic carbocycles. The van der Waals surface area contributed by atoms with E-state index < -0.39 is 29.6 Å². The van der Waals surface area contributed by atoms with E-state index in [1.165, 1.54) is 6.07 Å². The van der Waals surface area contributed by atoms with Gasteiger partial charge in [-0.15, -0.1) is 13.2 Å². The van der Waals surface area contributed by atoms with Gasteiger partial charge in [-0.05, 0) is 31.4 Å². The molecule has 0 unspecified atom stereocenters. The molecule has 1 saturated carbocycles. The highest BCUT2D eigenvalue weighted by molar-refractivity contribution is 6.32. The number of ketones is 1. The molecule has 126 valence electrons. The second-order valence-electron chi connectivity index (χ2n) is 5.07. The van der Waals surface area contributed by atoms with Crippen molar-refractivity contribution in [1.29, 1.82) is 0 Å². The standard InChI is InChI=1S/C14H13ClF3NO4/c15-9-5-4-8(7-10(9)22-14(16,17)18)13(23-12(19)21)6-2-1-3-11(13)20/h4-5,7H,1-3,6H2,(H2,19,21)/t13-/m1/s1. The molecule has 1 fully saturated rings. The van der Waals surface area contributed by atoms with Crippen LogP contribution < -0.4 is 10.5 Å². The number of carbonyl (C=O) groups excluding carboxylic acids is 2. The summed E-state index contributed by atoms with van der Waals surface area (Å²) in [7, 11) is 0. The minimum Gasteiger partial charge on any atom is -0.430 e. The molecule has 23 heavy (non-hydrogen) atoms. The molecular weight excluding hydrogens is 339 g/mol. The first-order chi connectivity index (χ1) is 10.6. The molecule has 2 N–H and O–H groups in total. The Kier molecular flexibility index (Phi) is 4.74. The van der Waals surface area contributed by atoms with Crippen molar-refractivity contribution in [1.82, 2.24) is 0 Å². The first kappa shape index (κ1) is 17.4. The van der Waals surface area contributed by atoms with E-state index in [0.717, 1.165) is 12.1 Å². The Labute approximate surface area is 134 Å². The number of halogens is 4. The Hall–Kier alpha value is -1.96. The Morgan fingerprint density at radius 2 is 2.00 bits per heavy atom. The average molecular weight is 352 g/mol. The van der Waals surface area contributed by atoms with Crippen LogP contribution in [0.2, 0.25) is 5.02 Å². The molecule has 0 spiro atoms. The summed E-state index contributed by atoms with van der Waals surface area (Å²) in [5.41, 5.74) is 3.36. The van der Waals surface area contributed by atoms with Gasteiger partial charge in [-0.2, -0.15) is 0 Å². The van der Waals surface area contributed by atoms with Gasteiger partial charge >= 0.3 is 12.5 Å². The molecule has 1 aromatic rings. The van der Waals surface area contributed by atoms with E-state index in [1.807, 2.05) is 0 Å². The van der Waals surface area contributed by atoms with Crippen molar-refractivity contribution >= 4 is 23.5 Å². The topological polar surface area (TPSA) is 78.6 Å².